The van der Waals surface area contributed by atoms with Gasteiger partial charge in [-0.3, -0.25) is 14.3 Å². The van der Waals surface area contributed by atoms with Crippen molar-refractivity contribution >= 4 is 26.8 Å². The highest BCUT2D eigenvalue weighted by molar-refractivity contribution is 9.10. The highest BCUT2D eigenvalue weighted by atomic mass is 79.9. The summed E-state index contributed by atoms with van der Waals surface area (Å²) in [6.07, 6.45) is 0. The third-order valence-corrected chi connectivity index (χ3v) is 5.84. The number of hydrogen-bond donors (Lipinski definition) is 0. The van der Waals surface area contributed by atoms with Crippen molar-refractivity contribution in [3.63, 3.8) is 0 Å². The van der Waals surface area contributed by atoms with Crippen LogP contribution in [0.4, 0.5) is 4.39 Å². The molecule has 2 aromatic carbocycles. The number of benzene rings is 2. The van der Waals surface area contributed by atoms with Gasteiger partial charge in [-0.15, -0.1) is 0 Å². The summed E-state index contributed by atoms with van der Waals surface area (Å²) in [7, 11) is 3.05. The van der Waals surface area contributed by atoms with E-state index >= 15 is 0 Å². The number of ether oxygens (including phenoxy) is 3. The second-order valence-electron chi connectivity index (χ2n) is 7.27. The maximum atomic E-state index is 14.6. The molecule has 0 bridgehead atoms. The van der Waals surface area contributed by atoms with Crippen LogP contribution < -0.4 is 15.0 Å². The molecule has 31 heavy (non-hydrogen) atoms. The third-order valence-electron chi connectivity index (χ3n) is 5.35. The number of morpholine rings is 1. The Balaban J connectivity index is 1.85. The first-order chi connectivity index (χ1) is 15.0. The summed E-state index contributed by atoms with van der Waals surface area (Å²) in [5.74, 6) is 1.12. The quantitative estimate of drug-likeness (QED) is 0.527. The van der Waals surface area contributed by atoms with Gasteiger partial charge in [0.15, 0.2) is 11.5 Å². The first kappa shape index (κ1) is 21.7. The highest BCUT2D eigenvalue weighted by Gasteiger charge is 2.19. The average Bonchev–Trinajstić information content (AvgIpc) is 2.77. The molecule has 2 heterocycles. The summed E-state index contributed by atoms with van der Waals surface area (Å²) >= 11 is 3.27. The zero-order chi connectivity index (χ0) is 22.0. The van der Waals surface area contributed by atoms with Gasteiger partial charge in [0.2, 0.25) is 0 Å². The van der Waals surface area contributed by atoms with Gasteiger partial charge in [0.05, 0.1) is 51.4 Å². The van der Waals surface area contributed by atoms with Crippen LogP contribution in [0.2, 0.25) is 0 Å². The van der Waals surface area contributed by atoms with E-state index in [-0.39, 0.29) is 17.9 Å². The van der Waals surface area contributed by atoms with E-state index in [1.54, 1.807) is 24.3 Å². The van der Waals surface area contributed by atoms with E-state index in [1.807, 2.05) is 0 Å². The van der Waals surface area contributed by atoms with Crippen molar-refractivity contribution in [2.45, 2.75) is 13.1 Å². The highest BCUT2D eigenvalue weighted by Crippen LogP contribution is 2.30. The van der Waals surface area contributed by atoms with Crippen molar-refractivity contribution in [3.05, 3.63) is 62.4 Å². The largest absolute Gasteiger partial charge is 0.493 e. The van der Waals surface area contributed by atoms with Crippen LogP contribution in [0.1, 0.15) is 11.4 Å². The molecule has 7 nitrogen and oxygen atoms in total. The van der Waals surface area contributed by atoms with Gasteiger partial charge >= 0.3 is 0 Å². The van der Waals surface area contributed by atoms with Gasteiger partial charge in [0.1, 0.15) is 11.6 Å². The number of halogens is 2. The van der Waals surface area contributed by atoms with E-state index < -0.39 is 0 Å². The summed E-state index contributed by atoms with van der Waals surface area (Å²) in [6, 6.07) is 8.14. The first-order valence-electron chi connectivity index (χ1n) is 9.89. The molecule has 0 aliphatic carbocycles. The van der Waals surface area contributed by atoms with Crippen molar-refractivity contribution < 1.29 is 18.6 Å². The number of methoxy groups -OCH3 is 2. The van der Waals surface area contributed by atoms with E-state index in [0.717, 1.165) is 13.1 Å². The molecule has 1 fully saturated rings. The zero-order valence-corrected chi connectivity index (χ0v) is 18.9. The molecule has 0 radical (unpaired) electrons. The van der Waals surface area contributed by atoms with E-state index in [0.29, 0.717) is 58.0 Å². The lowest BCUT2D eigenvalue weighted by atomic mass is 10.1. The van der Waals surface area contributed by atoms with Gasteiger partial charge < -0.3 is 14.2 Å². The van der Waals surface area contributed by atoms with E-state index in [1.165, 1.54) is 24.9 Å². The van der Waals surface area contributed by atoms with E-state index in [2.05, 4.69) is 20.8 Å². The summed E-state index contributed by atoms with van der Waals surface area (Å²) in [5.41, 5.74) is 0.671. The molecule has 0 amide bonds. The fourth-order valence-corrected chi connectivity index (χ4v) is 3.99. The Labute approximate surface area is 187 Å². The predicted octanol–water partition coefficient (Wildman–Crippen LogP) is 3.20. The topological polar surface area (TPSA) is 65.8 Å². The number of hydrogen-bond acceptors (Lipinski definition) is 6. The Kier molecular flexibility index (Phi) is 6.54. The van der Waals surface area contributed by atoms with Gasteiger partial charge in [0, 0.05) is 29.2 Å². The maximum Gasteiger partial charge on any atom is 0.261 e. The van der Waals surface area contributed by atoms with Crippen LogP contribution in [0.15, 0.2) is 39.6 Å². The van der Waals surface area contributed by atoms with Crippen molar-refractivity contribution in [2.75, 3.05) is 40.5 Å². The van der Waals surface area contributed by atoms with Crippen LogP contribution >= 0.6 is 15.9 Å². The lowest BCUT2D eigenvalue weighted by molar-refractivity contribution is 0.0325. The molecule has 1 saturated heterocycles. The minimum absolute atomic E-state index is 0.0783. The van der Waals surface area contributed by atoms with Gasteiger partial charge in [0.25, 0.3) is 5.56 Å². The molecule has 3 aromatic rings. The molecule has 4 rings (SSSR count). The van der Waals surface area contributed by atoms with Crippen LogP contribution in [-0.4, -0.2) is 55.0 Å². The molecule has 0 N–H and O–H groups in total. The lowest BCUT2D eigenvalue weighted by Gasteiger charge is -2.27. The third kappa shape index (κ3) is 4.58. The van der Waals surface area contributed by atoms with Gasteiger partial charge in [-0.25, -0.2) is 9.37 Å². The summed E-state index contributed by atoms with van der Waals surface area (Å²) in [4.78, 5) is 20.4. The van der Waals surface area contributed by atoms with Crippen molar-refractivity contribution in [2.24, 2.45) is 0 Å². The molecule has 1 aliphatic heterocycles. The number of nitrogens with zero attached hydrogens (tertiary/aromatic N) is 3. The van der Waals surface area contributed by atoms with Crippen LogP contribution in [-0.2, 0) is 17.8 Å². The fourth-order valence-electron chi connectivity index (χ4n) is 3.66. The molecular formula is C22H23BrFN3O4. The molecule has 0 atom stereocenters. The predicted molar refractivity (Wildman–Crippen MR) is 118 cm³/mol. The minimum atomic E-state index is -0.383. The first-order valence-corrected chi connectivity index (χ1v) is 10.7. The molecule has 1 aliphatic rings. The number of aromatic nitrogens is 2. The molecular weight excluding hydrogens is 469 g/mol. The summed E-state index contributed by atoms with van der Waals surface area (Å²) < 4.78 is 32.9. The van der Waals surface area contributed by atoms with Gasteiger partial charge in [-0.05, 0) is 18.2 Å². The van der Waals surface area contributed by atoms with Crippen LogP contribution in [0, 0.1) is 5.82 Å². The van der Waals surface area contributed by atoms with E-state index in [9.17, 15) is 9.18 Å². The van der Waals surface area contributed by atoms with E-state index in [4.69, 9.17) is 19.2 Å². The Morgan fingerprint density at radius 1 is 1.10 bits per heavy atom. The van der Waals surface area contributed by atoms with Crippen LogP contribution in [0.3, 0.4) is 0 Å². The van der Waals surface area contributed by atoms with Crippen LogP contribution in [0.5, 0.6) is 11.5 Å². The lowest BCUT2D eigenvalue weighted by Crippen LogP contribution is -2.38. The second kappa shape index (κ2) is 9.33. The molecule has 0 unspecified atom stereocenters. The second-order valence-corrected chi connectivity index (χ2v) is 8.18. The standard InChI is InChI=1S/C22H23BrFN3O4/c1-29-19-10-16-18(11-20(19)30-2)25-21(13-26-5-7-31-8-6-26)27(22(16)28)12-14-3-4-15(23)9-17(14)24/h3-4,9-11H,5-8,12-13H2,1-2H3. The Hall–Kier alpha value is -2.49. The SMILES string of the molecule is COc1cc2nc(CN3CCOCC3)n(Cc3ccc(Br)cc3F)c(=O)c2cc1OC. The maximum absolute atomic E-state index is 14.6. The minimum Gasteiger partial charge on any atom is -0.493 e. The monoisotopic (exact) mass is 491 g/mol. The van der Waals surface area contributed by atoms with Crippen molar-refractivity contribution in [1.29, 1.82) is 0 Å². The Morgan fingerprint density at radius 2 is 1.81 bits per heavy atom. The van der Waals surface area contributed by atoms with Crippen molar-refractivity contribution in [1.82, 2.24) is 14.5 Å². The molecule has 0 spiro atoms. The molecule has 9 heteroatoms. The smallest absolute Gasteiger partial charge is 0.261 e. The van der Waals surface area contributed by atoms with Gasteiger partial charge in [-0.1, -0.05) is 22.0 Å². The molecule has 0 saturated carbocycles. The Bertz CT molecular complexity index is 1160. The van der Waals surface area contributed by atoms with Crippen LogP contribution in [0.25, 0.3) is 10.9 Å². The number of rotatable bonds is 6. The van der Waals surface area contributed by atoms with Crippen molar-refractivity contribution in [3.8, 4) is 11.5 Å². The average molecular weight is 492 g/mol. The summed E-state index contributed by atoms with van der Waals surface area (Å²) in [5, 5.41) is 0.390. The number of fused-ring (bicyclic) bond motifs is 1. The Morgan fingerprint density at radius 3 is 2.48 bits per heavy atom. The summed E-state index contributed by atoms with van der Waals surface area (Å²) in [6.45, 7) is 3.28. The molecule has 164 valence electrons. The molecule has 1 aromatic heterocycles. The van der Waals surface area contributed by atoms with Gasteiger partial charge in [-0.2, -0.15) is 0 Å². The zero-order valence-electron chi connectivity index (χ0n) is 17.4. The fraction of sp³-hybridized carbons (Fsp3) is 0.364. The normalized spacial score (nSPS) is 14.7.